The van der Waals surface area contributed by atoms with Crippen LogP contribution in [0, 0.1) is 17.3 Å². The zero-order valence-corrected chi connectivity index (χ0v) is 14.7. The van der Waals surface area contributed by atoms with Gasteiger partial charge >= 0.3 is 0 Å². The molecular weight excluding hydrogens is 256 g/mol. The predicted octanol–water partition coefficient (Wildman–Crippen LogP) is 5.65. The monoisotopic (exact) mass is 290 g/mol. The van der Waals surface area contributed by atoms with Gasteiger partial charge in [-0.15, -0.1) is 0 Å². The zero-order chi connectivity index (χ0) is 15.7. The first-order valence-electron chi connectivity index (χ1n) is 8.76. The highest BCUT2D eigenvalue weighted by Gasteiger charge is 2.48. The molecule has 21 heavy (non-hydrogen) atoms. The van der Waals surface area contributed by atoms with Gasteiger partial charge in [0.1, 0.15) is 0 Å². The summed E-state index contributed by atoms with van der Waals surface area (Å²) in [5.41, 5.74) is 2.90. The Kier molecular flexibility index (Phi) is 5.03. The van der Waals surface area contributed by atoms with Gasteiger partial charge < -0.3 is 5.11 Å². The molecule has 1 fully saturated rings. The van der Waals surface area contributed by atoms with Gasteiger partial charge in [0.2, 0.25) is 0 Å². The summed E-state index contributed by atoms with van der Waals surface area (Å²) in [5.74, 6) is 1.09. The Balaban J connectivity index is 2.28. The summed E-state index contributed by atoms with van der Waals surface area (Å²) >= 11 is 0. The minimum atomic E-state index is -0.543. The summed E-state index contributed by atoms with van der Waals surface area (Å²) in [6.45, 7) is 11.0. The van der Waals surface area contributed by atoms with Crippen molar-refractivity contribution in [2.45, 2.75) is 85.2 Å². The van der Waals surface area contributed by atoms with Gasteiger partial charge in [-0.3, -0.25) is 0 Å². The van der Waals surface area contributed by atoms with Gasteiger partial charge in [0, 0.05) is 0 Å². The van der Waals surface area contributed by atoms with Crippen LogP contribution in [0.2, 0.25) is 0 Å². The zero-order valence-electron chi connectivity index (χ0n) is 14.7. The Morgan fingerprint density at radius 3 is 2.43 bits per heavy atom. The number of allylic oxidation sites excluding steroid dienone is 4. The molecule has 0 spiro atoms. The maximum Gasteiger partial charge on any atom is 0.0622 e. The molecule has 0 aliphatic heterocycles. The molecule has 0 aromatic rings. The molecule has 0 bridgehead atoms. The molecule has 0 saturated heterocycles. The largest absolute Gasteiger partial charge is 0.390 e. The molecule has 120 valence electrons. The van der Waals surface area contributed by atoms with Gasteiger partial charge in [-0.2, -0.15) is 0 Å². The van der Waals surface area contributed by atoms with Crippen LogP contribution in [0.4, 0.5) is 0 Å². The van der Waals surface area contributed by atoms with Gasteiger partial charge in [-0.25, -0.2) is 0 Å². The van der Waals surface area contributed by atoms with E-state index in [1.54, 1.807) is 0 Å². The van der Waals surface area contributed by atoms with Crippen molar-refractivity contribution in [3.8, 4) is 0 Å². The standard InChI is InChI=1S/C20H34O/c1-15-7-6-8-16(2)11-13-20(5)14-12-17(19(3,4)21)18(20)10-9-15/h7,11,17-18,21H,6,8-10,12-14H2,1-5H3/b15-7-,16-11-/t17-,18-,20?/m0/s1. The summed E-state index contributed by atoms with van der Waals surface area (Å²) in [6, 6.07) is 0. The first-order valence-corrected chi connectivity index (χ1v) is 8.76. The molecular formula is C20H34O. The van der Waals surface area contributed by atoms with Crippen molar-refractivity contribution in [2.24, 2.45) is 17.3 Å². The third kappa shape index (κ3) is 4.00. The van der Waals surface area contributed by atoms with Gasteiger partial charge in [0.25, 0.3) is 0 Å². The summed E-state index contributed by atoms with van der Waals surface area (Å²) in [6.07, 6.45) is 13.4. The van der Waals surface area contributed by atoms with Crippen molar-refractivity contribution in [3.63, 3.8) is 0 Å². The van der Waals surface area contributed by atoms with Gasteiger partial charge in [0.15, 0.2) is 0 Å². The highest BCUT2D eigenvalue weighted by Crippen LogP contribution is 2.55. The Morgan fingerprint density at radius 1 is 1.10 bits per heavy atom. The molecule has 1 heteroatoms. The first kappa shape index (κ1) is 16.8. The van der Waals surface area contributed by atoms with Crippen molar-refractivity contribution < 1.29 is 5.11 Å². The van der Waals surface area contributed by atoms with Crippen LogP contribution in [0.15, 0.2) is 23.3 Å². The SMILES string of the molecule is C/C1=C/CC2(C)CC[C@H](C(C)(C)O)[C@@H]2CC/C(C)=C\CC1. The Morgan fingerprint density at radius 2 is 1.76 bits per heavy atom. The van der Waals surface area contributed by atoms with E-state index in [9.17, 15) is 5.11 Å². The Labute approximate surface area is 131 Å². The molecule has 0 aromatic heterocycles. The number of rotatable bonds is 1. The lowest BCUT2D eigenvalue weighted by Crippen LogP contribution is -2.37. The first-order chi connectivity index (χ1) is 9.72. The van der Waals surface area contributed by atoms with Gasteiger partial charge in [-0.05, 0) is 89.9 Å². The van der Waals surface area contributed by atoms with E-state index in [4.69, 9.17) is 0 Å². The van der Waals surface area contributed by atoms with Crippen molar-refractivity contribution in [2.75, 3.05) is 0 Å². The average Bonchev–Trinajstić information content (AvgIpc) is 2.70. The van der Waals surface area contributed by atoms with Crippen molar-refractivity contribution in [1.82, 2.24) is 0 Å². The second-order valence-corrected chi connectivity index (χ2v) is 8.44. The van der Waals surface area contributed by atoms with Crippen LogP contribution in [0.1, 0.15) is 79.6 Å². The lowest BCUT2D eigenvalue weighted by atomic mass is 9.69. The smallest absolute Gasteiger partial charge is 0.0622 e. The van der Waals surface area contributed by atoms with Crippen LogP contribution >= 0.6 is 0 Å². The predicted molar refractivity (Wildman–Crippen MR) is 91.2 cm³/mol. The molecule has 1 nitrogen and oxygen atoms in total. The molecule has 2 aliphatic rings. The Hall–Kier alpha value is -0.560. The quantitative estimate of drug-likeness (QED) is 0.619. The summed E-state index contributed by atoms with van der Waals surface area (Å²) in [7, 11) is 0. The lowest BCUT2D eigenvalue weighted by Gasteiger charge is -2.38. The molecule has 1 N–H and O–H groups in total. The molecule has 3 atom stereocenters. The van der Waals surface area contributed by atoms with Crippen molar-refractivity contribution in [3.05, 3.63) is 23.3 Å². The highest BCUT2D eigenvalue weighted by molar-refractivity contribution is 5.10. The summed E-state index contributed by atoms with van der Waals surface area (Å²) in [4.78, 5) is 0. The van der Waals surface area contributed by atoms with Gasteiger partial charge in [-0.1, -0.05) is 30.2 Å². The van der Waals surface area contributed by atoms with Crippen LogP contribution in [-0.2, 0) is 0 Å². The van der Waals surface area contributed by atoms with E-state index in [2.05, 4.69) is 32.9 Å². The maximum absolute atomic E-state index is 10.6. The molecule has 2 aliphatic carbocycles. The fourth-order valence-corrected chi connectivity index (χ4v) is 4.55. The van der Waals surface area contributed by atoms with Crippen LogP contribution in [0.5, 0.6) is 0 Å². The third-order valence-corrected chi connectivity index (χ3v) is 6.11. The lowest BCUT2D eigenvalue weighted by molar-refractivity contribution is -0.0162. The molecule has 0 amide bonds. The third-order valence-electron chi connectivity index (χ3n) is 6.11. The highest BCUT2D eigenvalue weighted by atomic mass is 16.3. The van der Waals surface area contributed by atoms with E-state index in [0.717, 1.165) is 0 Å². The molecule has 1 unspecified atom stereocenters. The topological polar surface area (TPSA) is 20.2 Å². The van der Waals surface area contributed by atoms with Crippen LogP contribution in [-0.4, -0.2) is 10.7 Å². The van der Waals surface area contributed by atoms with E-state index < -0.39 is 5.60 Å². The number of aliphatic hydroxyl groups is 1. The minimum Gasteiger partial charge on any atom is -0.390 e. The number of hydrogen-bond acceptors (Lipinski definition) is 1. The second-order valence-electron chi connectivity index (χ2n) is 8.44. The fourth-order valence-electron chi connectivity index (χ4n) is 4.55. The molecule has 2 rings (SSSR count). The van der Waals surface area contributed by atoms with Crippen molar-refractivity contribution >= 4 is 0 Å². The average molecular weight is 290 g/mol. The fraction of sp³-hybridized carbons (Fsp3) is 0.800. The maximum atomic E-state index is 10.6. The number of hydrogen-bond donors (Lipinski definition) is 1. The normalized spacial score (nSPS) is 40.5. The number of fused-ring (bicyclic) bond motifs is 1. The summed E-state index contributed by atoms with van der Waals surface area (Å²) < 4.78 is 0. The Bertz CT molecular complexity index is 424. The van der Waals surface area contributed by atoms with E-state index >= 15 is 0 Å². The van der Waals surface area contributed by atoms with E-state index in [1.807, 2.05) is 13.8 Å². The van der Waals surface area contributed by atoms with E-state index in [0.29, 0.717) is 17.3 Å². The van der Waals surface area contributed by atoms with Crippen LogP contribution in [0.25, 0.3) is 0 Å². The van der Waals surface area contributed by atoms with Gasteiger partial charge in [0.05, 0.1) is 5.60 Å². The van der Waals surface area contributed by atoms with Crippen LogP contribution < -0.4 is 0 Å². The van der Waals surface area contributed by atoms with Crippen molar-refractivity contribution in [1.29, 1.82) is 0 Å². The van der Waals surface area contributed by atoms with E-state index in [1.165, 1.54) is 56.1 Å². The molecule has 0 radical (unpaired) electrons. The minimum absolute atomic E-state index is 0.372. The summed E-state index contributed by atoms with van der Waals surface area (Å²) in [5, 5.41) is 10.6. The molecule has 1 saturated carbocycles. The molecule has 0 heterocycles. The molecule has 0 aromatic carbocycles. The van der Waals surface area contributed by atoms with E-state index in [-0.39, 0.29) is 0 Å². The van der Waals surface area contributed by atoms with Crippen LogP contribution in [0.3, 0.4) is 0 Å². The second kappa shape index (κ2) is 6.28.